The highest BCUT2D eigenvalue weighted by Gasteiger charge is 2.22. The number of carbonyl (C=O) groups is 2. The van der Waals surface area contributed by atoms with Crippen LogP contribution in [0.2, 0.25) is 0 Å². The summed E-state index contributed by atoms with van der Waals surface area (Å²) in [6.45, 7) is 1.29. The highest BCUT2D eigenvalue weighted by Crippen LogP contribution is 2.35. The molecule has 1 aromatic heterocycles. The summed E-state index contributed by atoms with van der Waals surface area (Å²) in [6, 6.07) is 40.7. The second-order valence-electron chi connectivity index (χ2n) is 11.6. The fraction of sp³-hybridized carbons (Fsp3) is 0.125. The van der Waals surface area contributed by atoms with Crippen molar-refractivity contribution in [2.24, 2.45) is 4.99 Å². The van der Waals surface area contributed by atoms with Crippen LogP contribution in [-0.4, -0.2) is 41.1 Å². The quantitative estimate of drug-likeness (QED) is 0.160. The van der Waals surface area contributed by atoms with Crippen molar-refractivity contribution in [3.05, 3.63) is 150 Å². The van der Waals surface area contributed by atoms with Crippen LogP contribution in [0.4, 0.5) is 11.5 Å². The number of para-hydroxylation sites is 2. The van der Waals surface area contributed by atoms with E-state index in [4.69, 9.17) is 14.7 Å². The minimum absolute atomic E-state index is 0.0168. The lowest BCUT2D eigenvalue weighted by Crippen LogP contribution is -2.35. The molecule has 2 N–H and O–H groups in total. The number of carbonyl (C=O) groups excluding carboxylic acids is 2. The molecule has 0 unspecified atom stereocenters. The Kier molecular flexibility index (Phi) is 9.32. The van der Waals surface area contributed by atoms with Gasteiger partial charge in [-0.1, -0.05) is 91.0 Å². The molecule has 2 amide bonds. The number of nitrogens with one attached hydrogen (secondary N) is 2. The lowest BCUT2D eigenvalue weighted by molar-refractivity contribution is -0.123. The van der Waals surface area contributed by atoms with Crippen LogP contribution in [-0.2, 0) is 29.2 Å². The molecular formula is C40H34N6O3. The zero-order valence-corrected chi connectivity index (χ0v) is 26.8. The van der Waals surface area contributed by atoms with Crippen LogP contribution in [0, 0.1) is 0 Å². The molecule has 49 heavy (non-hydrogen) atoms. The highest BCUT2D eigenvalue weighted by atomic mass is 16.5. The first-order chi connectivity index (χ1) is 24.1. The summed E-state index contributed by atoms with van der Waals surface area (Å²) in [5, 5.41) is 6.75. The molecule has 1 aliphatic rings. The average molecular weight is 647 g/mol. The van der Waals surface area contributed by atoms with Gasteiger partial charge in [0.2, 0.25) is 5.91 Å². The molecular weight excluding hydrogens is 612 g/mol. The fourth-order valence-electron chi connectivity index (χ4n) is 5.70. The van der Waals surface area contributed by atoms with Crippen molar-refractivity contribution in [3.63, 3.8) is 0 Å². The molecule has 0 radical (unpaired) electrons. The van der Waals surface area contributed by atoms with Crippen LogP contribution in [0.15, 0.2) is 132 Å². The monoisotopic (exact) mass is 646 g/mol. The first kappa shape index (κ1) is 31.3. The van der Waals surface area contributed by atoms with E-state index < -0.39 is 0 Å². The van der Waals surface area contributed by atoms with Crippen molar-refractivity contribution in [2.45, 2.75) is 19.6 Å². The maximum absolute atomic E-state index is 13.6. The number of hydrogen-bond donors (Lipinski definition) is 2. The number of aromatic nitrogens is 2. The summed E-state index contributed by atoms with van der Waals surface area (Å²) in [5.41, 5.74) is 6.28. The standard InChI is InChI=1S/C40H34N6O3/c47-37(42-22-28-11-3-1-4-12-28)26-46(32-20-19-30-24-41-25-31(30)21-32)40-33-15-7-9-17-35(33)44-39(45-40)34-16-8-10-18-36(34)49-27-38(48)43-23-29-13-5-2-6-14-29/h1-21,25H,22-24,26-27H2,(H,42,47)(H,43,48). The molecule has 7 rings (SSSR count). The van der Waals surface area contributed by atoms with E-state index in [0.29, 0.717) is 48.1 Å². The number of rotatable bonds is 12. The maximum atomic E-state index is 13.6. The Morgan fingerprint density at radius 2 is 1.39 bits per heavy atom. The van der Waals surface area contributed by atoms with Crippen LogP contribution in [0.3, 0.4) is 0 Å². The first-order valence-corrected chi connectivity index (χ1v) is 16.1. The van der Waals surface area contributed by atoms with Gasteiger partial charge in [0, 0.05) is 30.4 Å². The van der Waals surface area contributed by atoms with E-state index in [9.17, 15) is 9.59 Å². The van der Waals surface area contributed by atoms with Crippen molar-refractivity contribution >= 4 is 40.4 Å². The van der Waals surface area contributed by atoms with Crippen molar-refractivity contribution < 1.29 is 14.3 Å². The number of anilines is 2. The summed E-state index contributed by atoms with van der Waals surface area (Å²) in [5.74, 6) is 1.05. The smallest absolute Gasteiger partial charge is 0.258 e. The number of fused-ring (bicyclic) bond motifs is 2. The third-order valence-corrected chi connectivity index (χ3v) is 8.23. The third-order valence-electron chi connectivity index (χ3n) is 8.23. The maximum Gasteiger partial charge on any atom is 0.258 e. The molecule has 0 aliphatic carbocycles. The lowest BCUT2D eigenvalue weighted by Gasteiger charge is -2.26. The molecule has 242 valence electrons. The number of aliphatic imine (C=N–C) groups is 1. The van der Waals surface area contributed by atoms with E-state index in [1.807, 2.05) is 132 Å². The summed E-state index contributed by atoms with van der Waals surface area (Å²) >= 11 is 0. The lowest BCUT2D eigenvalue weighted by atomic mass is 10.1. The van der Waals surface area contributed by atoms with Crippen LogP contribution in [0.5, 0.6) is 5.75 Å². The molecule has 0 saturated heterocycles. The Labute approximate surface area is 284 Å². The number of benzene rings is 5. The minimum Gasteiger partial charge on any atom is -0.483 e. The normalized spacial score (nSPS) is 11.6. The van der Waals surface area contributed by atoms with Crippen LogP contribution in [0.25, 0.3) is 22.3 Å². The van der Waals surface area contributed by atoms with E-state index in [-0.39, 0.29) is 25.0 Å². The second kappa shape index (κ2) is 14.6. The molecule has 9 heteroatoms. The zero-order valence-electron chi connectivity index (χ0n) is 26.8. The Bertz CT molecular complexity index is 2140. The Morgan fingerprint density at radius 1 is 0.714 bits per heavy atom. The fourth-order valence-corrected chi connectivity index (χ4v) is 5.70. The van der Waals surface area contributed by atoms with Gasteiger partial charge >= 0.3 is 0 Å². The number of amides is 2. The van der Waals surface area contributed by atoms with Crippen molar-refractivity contribution in [3.8, 4) is 17.1 Å². The molecule has 0 bridgehead atoms. The molecule has 9 nitrogen and oxygen atoms in total. The van der Waals surface area contributed by atoms with Gasteiger partial charge in [-0.25, -0.2) is 9.97 Å². The summed E-state index contributed by atoms with van der Waals surface area (Å²) < 4.78 is 6.04. The van der Waals surface area contributed by atoms with Gasteiger partial charge in [-0.3, -0.25) is 14.6 Å². The average Bonchev–Trinajstić information content (AvgIpc) is 3.63. The van der Waals surface area contributed by atoms with Crippen LogP contribution in [0.1, 0.15) is 22.3 Å². The summed E-state index contributed by atoms with van der Waals surface area (Å²) in [6.07, 6.45) is 1.86. The van der Waals surface area contributed by atoms with Gasteiger partial charge in [-0.05, 0) is 58.7 Å². The van der Waals surface area contributed by atoms with E-state index >= 15 is 0 Å². The van der Waals surface area contributed by atoms with Gasteiger partial charge in [0.15, 0.2) is 12.4 Å². The Balaban J connectivity index is 1.21. The van der Waals surface area contributed by atoms with Gasteiger partial charge < -0.3 is 20.3 Å². The van der Waals surface area contributed by atoms with Gasteiger partial charge in [0.1, 0.15) is 18.1 Å². The van der Waals surface area contributed by atoms with Crippen molar-refractivity contribution in [2.75, 3.05) is 18.1 Å². The minimum atomic E-state index is -0.244. The van der Waals surface area contributed by atoms with E-state index in [1.54, 1.807) is 6.07 Å². The molecule has 6 aromatic rings. The topological polar surface area (TPSA) is 109 Å². The highest BCUT2D eigenvalue weighted by molar-refractivity contribution is 5.96. The molecule has 0 atom stereocenters. The SMILES string of the molecule is O=C(COc1ccccc1-c1nc(N(CC(=O)NCc2ccccc2)c2ccc3c(c2)C=NC3)c2ccccc2n1)NCc1ccccc1. The van der Waals surface area contributed by atoms with Gasteiger partial charge in [-0.2, -0.15) is 0 Å². The summed E-state index contributed by atoms with van der Waals surface area (Å²) in [7, 11) is 0. The number of ether oxygens (including phenoxy) is 1. The van der Waals surface area contributed by atoms with Crippen LogP contribution < -0.4 is 20.3 Å². The van der Waals surface area contributed by atoms with Crippen molar-refractivity contribution in [1.29, 1.82) is 0 Å². The van der Waals surface area contributed by atoms with E-state index in [1.165, 1.54) is 0 Å². The Hall–Kier alpha value is -6.35. The first-order valence-electron chi connectivity index (χ1n) is 16.1. The van der Waals surface area contributed by atoms with Crippen molar-refractivity contribution in [1.82, 2.24) is 20.6 Å². The third kappa shape index (κ3) is 7.47. The van der Waals surface area contributed by atoms with Crippen LogP contribution >= 0.6 is 0 Å². The predicted octanol–water partition coefficient (Wildman–Crippen LogP) is 6.38. The number of nitrogens with zero attached hydrogens (tertiary/aromatic N) is 4. The summed E-state index contributed by atoms with van der Waals surface area (Å²) in [4.78, 5) is 42.6. The van der Waals surface area contributed by atoms with Gasteiger partial charge in [0.05, 0.1) is 17.6 Å². The molecule has 0 spiro atoms. The van der Waals surface area contributed by atoms with E-state index in [2.05, 4.69) is 15.6 Å². The molecule has 5 aromatic carbocycles. The largest absolute Gasteiger partial charge is 0.483 e. The van der Waals surface area contributed by atoms with Gasteiger partial charge in [-0.15, -0.1) is 0 Å². The predicted molar refractivity (Wildman–Crippen MR) is 192 cm³/mol. The molecule has 2 heterocycles. The molecule has 0 fully saturated rings. The zero-order chi connectivity index (χ0) is 33.4. The van der Waals surface area contributed by atoms with Gasteiger partial charge in [0.25, 0.3) is 5.91 Å². The number of hydrogen-bond acceptors (Lipinski definition) is 7. The Morgan fingerprint density at radius 3 is 2.16 bits per heavy atom. The molecule has 1 aliphatic heterocycles. The second-order valence-corrected chi connectivity index (χ2v) is 11.6. The molecule has 0 saturated carbocycles. The van der Waals surface area contributed by atoms with E-state index in [0.717, 1.165) is 33.3 Å².